The Morgan fingerprint density at radius 3 is 2.32 bits per heavy atom. The van der Waals surface area contributed by atoms with Gasteiger partial charge in [0.2, 0.25) is 5.82 Å². The minimum absolute atomic E-state index is 0.0204. The number of hydrogen-bond donors (Lipinski definition) is 2. The Bertz CT molecular complexity index is 1270. The van der Waals surface area contributed by atoms with E-state index in [1.165, 1.54) is 34.0 Å². The van der Waals surface area contributed by atoms with E-state index in [1.807, 2.05) is 24.3 Å². The van der Waals surface area contributed by atoms with E-state index in [0.29, 0.717) is 11.4 Å². The number of carbonyl (C=O) groups is 1. The molecule has 11 nitrogen and oxygen atoms in total. The first-order valence-electron chi connectivity index (χ1n) is 9.24. The summed E-state index contributed by atoms with van der Waals surface area (Å²) < 4.78 is 23.6. The van der Waals surface area contributed by atoms with Crippen LogP contribution < -0.4 is 11.0 Å². The fraction of sp³-hybridized carbons (Fsp3) is 0.316. The molecule has 3 aromatic rings. The van der Waals surface area contributed by atoms with Crippen LogP contribution in [0, 0.1) is 0 Å². The SMILES string of the molecule is Cn1nnc(-c2ccc(-c3ccn(CC[C@](C)(C(=O)NO)S(C)(=O)=O)c(=O)c3)cc2)n1. The molecule has 0 radical (unpaired) electrons. The van der Waals surface area contributed by atoms with Crippen LogP contribution in [0.5, 0.6) is 0 Å². The van der Waals surface area contributed by atoms with Gasteiger partial charge in [0, 0.05) is 30.6 Å². The van der Waals surface area contributed by atoms with Gasteiger partial charge in [-0.2, -0.15) is 4.80 Å². The van der Waals surface area contributed by atoms with Crippen molar-refractivity contribution in [3.05, 3.63) is 52.9 Å². The van der Waals surface area contributed by atoms with E-state index in [-0.39, 0.29) is 18.5 Å². The number of hydrogen-bond acceptors (Lipinski definition) is 8. The number of hydroxylamine groups is 1. The van der Waals surface area contributed by atoms with Crippen LogP contribution in [0.2, 0.25) is 0 Å². The lowest BCUT2D eigenvalue weighted by atomic mass is 10.0. The number of sulfone groups is 1. The summed E-state index contributed by atoms with van der Waals surface area (Å²) in [5, 5.41) is 20.8. The summed E-state index contributed by atoms with van der Waals surface area (Å²) in [6, 6.07) is 10.5. The van der Waals surface area contributed by atoms with Crippen molar-refractivity contribution < 1.29 is 18.4 Å². The summed E-state index contributed by atoms with van der Waals surface area (Å²) in [4.78, 5) is 25.8. The number of nitrogens with zero attached hydrogens (tertiary/aromatic N) is 5. The summed E-state index contributed by atoms with van der Waals surface area (Å²) in [5.74, 6) is -0.553. The van der Waals surface area contributed by atoms with Crippen LogP contribution in [0.25, 0.3) is 22.5 Å². The zero-order valence-electron chi connectivity index (χ0n) is 17.2. The number of rotatable bonds is 7. The van der Waals surface area contributed by atoms with Gasteiger partial charge in [-0.25, -0.2) is 13.9 Å². The van der Waals surface area contributed by atoms with Gasteiger partial charge in [-0.15, -0.1) is 10.2 Å². The van der Waals surface area contributed by atoms with Crippen LogP contribution in [0.15, 0.2) is 47.4 Å². The molecule has 0 fully saturated rings. The van der Waals surface area contributed by atoms with E-state index in [9.17, 15) is 18.0 Å². The van der Waals surface area contributed by atoms with Crippen molar-refractivity contribution >= 4 is 15.7 Å². The van der Waals surface area contributed by atoms with Gasteiger partial charge in [0.05, 0.1) is 7.05 Å². The van der Waals surface area contributed by atoms with Crippen molar-refractivity contribution in [2.45, 2.75) is 24.6 Å². The minimum Gasteiger partial charge on any atom is -0.315 e. The maximum atomic E-state index is 12.5. The monoisotopic (exact) mass is 446 g/mol. The number of carbonyl (C=O) groups excluding carboxylic acids is 1. The average molecular weight is 446 g/mol. The van der Waals surface area contributed by atoms with Crippen LogP contribution >= 0.6 is 0 Å². The molecule has 2 heterocycles. The first kappa shape index (κ1) is 22.3. The zero-order chi connectivity index (χ0) is 22.8. The van der Waals surface area contributed by atoms with E-state index in [1.54, 1.807) is 13.1 Å². The summed E-state index contributed by atoms with van der Waals surface area (Å²) >= 11 is 0. The largest absolute Gasteiger partial charge is 0.315 e. The number of aryl methyl sites for hydroxylation is 2. The molecule has 0 saturated carbocycles. The van der Waals surface area contributed by atoms with Gasteiger partial charge in [-0.1, -0.05) is 24.3 Å². The normalized spacial score (nSPS) is 13.5. The zero-order valence-corrected chi connectivity index (χ0v) is 18.0. The Balaban J connectivity index is 1.80. The second-order valence-electron chi connectivity index (χ2n) is 7.32. The summed E-state index contributed by atoms with van der Waals surface area (Å²) in [5.41, 5.74) is 3.31. The predicted octanol–water partition coefficient (Wildman–Crippen LogP) is 0.405. The van der Waals surface area contributed by atoms with Gasteiger partial charge in [-0.05, 0) is 35.8 Å². The third-order valence-electron chi connectivity index (χ3n) is 5.21. The van der Waals surface area contributed by atoms with Crippen LogP contribution in [0.4, 0.5) is 0 Å². The fourth-order valence-corrected chi connectivity index (χ4v) is 3.85. The summed E-state index contributed by atoms with van der Waals surface area (Å²) in [6.07, 6.45) is 2.26. The smallest absolute Gasteiger partial charge is 0.264 e. The highest BCUT2D eigenvalue weighted by atomic mass is 32.2. The van der Waals surface area contributed by atoms with Crippen molar-refractivity contribution in [2.24, 2.45) is 7.05 Å². The molecule has 0 aliphatic carbocycles. The summed E-state index contributed by atoms with van der Waals surface area (Å²) in [7, 11) is -2.16. The predicted molar refractivity (Wildman–Crippen MR) is 112 cm³/mol. The standard InChI is InChI=1S/C19H22N6O5S/c1-19(18(27)22-28,31(3,29)30)9-11-25-10-8-15(12-16(25)26)13-4-6-14(7-5-13)17-20-23-24(2)21-17/h4-8,10,12,28H,9,11H2,1-3H3,(H,22,27)/t19-/m1/s1. The maximum Gasteiger partial charge on any atom is 0.264 e. The van der Waals surface area contributed by atoms with Crippen LogP contribution in [0.3, 0.4) is 0 Å². The van der Waals surface area contributed by atoms with E-state index < -0.39 is 20.5 Å². The molecular formula is C19H22N6O5S. The quantitative estimate of drug-likeness (QED) is 0.391. The Labute approximate surface area is 178 Å². The third-order valence-corrected chi connectivity index (χ3v) is 7.24. The van der Waals surface area contributed by atoms with Crippen LogP contribution in [0.1, 0.15) is 13.3 Å². The molecule has 0 aliphatic rings. The number of benzene rings is 1. The molecule has 0 aliphatic heterocycles. The van der Waals surface area contributed by atoms with Crippen molar-refractivity contribution in [3.8, 4) is 22.5 Å². The second kappa shape index (κ2) is 8.40. The van der Waals surface area contributed by atoms with Crippen LogP contribution in [-0.4, -0.2) is 55.3 Å². The van der Waals surface area contributed by atoms with Crippen LogP contribution in [-0.2, 0) is 28.2 Å². The first-order valence-corrected chi connectivity index (χ1v) is 11.1. The number of tetrazole rings is 1. The molecule has 0 bridgehead atoms. The Kier molecular flexibility index (Phi) is 6.04. The van der Waals surface area contributed by atoms with Gasteiger partial charge in [0.25, 0.3) is 11.5 Å². The lowest BCUT2D eigenvalue weighted by molar-refractivity contribution is -0.131. The minimum atomic E-state index is -3.84. The molecule has 1 atom stereocenters. The Morgan fingerprint density at radius 1 is 1.16 bits per heavy atom. The Morgan fingerprint density at radius 2 is 1.81 bits per heavy atom. The molecule has 1 aromatic carbocycles. The lowest BCUT2D eigenvalue weighted by Crippen LogP contribution is -2.49. The first-order chi connectivity index (χ1) is 14.5. The maximum absolute atomic E-state index is 12.5. The van der Waals surface area contributed by atoms with Crippen molar-refractivity contribution in [2.75, 3.05) is 6.26 Å². The van der Waals surface area contributed by atoms with Gasteiger partial charge in [0.15, 0.2) is 14.6 Å². The lowest BCUT2D eigenvalue weighted by Gasteiger charge is -2.25. The molecule has 12 heteroatoms. The van der Waals surface area contributed by atoms with E-state index >= 15 is 0 Å². The number of amides is 1. The topological polar surface area (TPSA) is 149 Å². The van der Waals surface area contributed by atoms with Crippen molar-refractivity contribution in [3.63, 3.8) is 0 Å². The number of aromatic nitrogens is 5. The van der Waals surface area contributed by atoms with Gasteiger partial charge in [0.1, 0.15) is 0 Å². The highest BCUT2D eigenvalue weighted by molar-refractivity contribution is 7.92. The van der Waals surface area contributed by atoms with Gasteiger partial charge in [-0.3, -0.25) is 14.8 Å². The Hall–Kier alpha value is -3.38. The fourth-order valence-electron chi connectivity index (χ4n) is 3.00. The molecular weight excluding hydrogens is 424 g/mol. The molecule has 2 aromatic heterocycles. The molecule has 164 valence electrons. The van der Waals surface area contributed by atoms with Crippen molar-refractivity contribution in [1.29, 1.82) is 0 Å². The molecule has 0 unspecified atom stereocenters. The van der Waals surface area contributed by atoms with Gasteiger partial charge >= 0.3 is 0 Å². The third kappa shape index (κ3) is 4.54. The van der Waals surface area contributed by atoms with E-state index in [0.717, 1.165) is 17.4 Å². The highest BCUT2D eigenvalue weighted by Crippen LogP contribution is 2.23. The average Bonchev–Trinajstić information content (AvgIpc) is 3.17. The van der Waals surface area contributed by atoms with E-state index in [2.05, 4.69) is 15.4 Å². The number of nitrogens with one attached hydrogen (secondary N) is 1. The molecule has 3 rings (SSSR count). The molecule has 31 heavy (non-hydrogen) atoms. The molecule has 0 spiro atoms. The van der Waals surface area contributed by atoms with Gasteiger partial charge < -0.3 is 4.57 Å². The molecule has 2 N–H and O–H groups in total. The molecule has 1 amide bonds. The highest BCUT2D eigenvalue weighted by Gasteiger charge is 2.43. The second-order valence-corrected chi connectivity index (χ2v) is 9.77. The number of pyridine rings is 1. The summed E-state index contributed by atoms with van der Waals surface area (Å²) in [6.45, 7) is 1.19. The van der Waals surface area contributed by atoms with E-state index in [4.69, 9.17) is 5.21 Å². The molecule has 0 saturated heterocycles. The van der Waals surface area contributed by atoms with Crippen molar-refractivity contribution in [1.82, 2.24) is 30.3 Å².